The number of carbonyl (C=O) groups is 1. The number of esters is 1. The molecule has 0 N–H and O–H groups in total. The van der Waals surface area contributed by atoms with E-state index in [0.29, 0.717) is 28.4 Å². The second kappa shape index (κ2) is 14.1. The molecule has 1 aliphatic heterocycles. The lowest BCUT2D eigenvalue weighted by Crippen LogP contribution is -2.53. The van der Waals surface area contributed by atoms with Gasteiger partial charge in [0.1, 0.15) is 6.10 Å². The van der Waals surface area contributed by atoms with Crippen molar-refractivity contribution in [2.24, 2.45) is 52.3 Å². The summed E-state index contributed by atoms with van der Waals surface area (Å²) in [7, 11) is 1.75. The van der Waals surface area contributed by atoms with Crippen LogP contribution in [-0.2, 0) is 14.2 Å². The van der Waals surface area contributed by atoms with Crippen molar-refractivity contribution in [2.75, 3.05) is 31.7 Å². The summed E-state index contributed by atoms with van der Waals surface area (Å²) in [5.41, 5.74) is 2.72. The zero-order valence-electron chi connectivity index (χ0n) is 30.3. The summed E-state index contributed by atoms with van der Waals surface area (Å²) in [6, 6.07) is 7.98. The van der Waals surface area contributed by atoms with Gasteiger partial charge in [-0.25, -0.2) is 4.79 Å². The fourth-order valence-electron chi connectivity index (χ4n) is 11.1. The van der Waals surface area contributed by atoms with Crippen molar-refractivity contribution in [1.82, 2.24) is 0 Å². The Morgan fingerprint density at radius 1 is 0.978 bits per heavy atom. The van der Waals surface area contributed by atoms with Crippen molar-refractivity contribution in [1.29, 1.82) is 0 Å². The van der Waals surface area contributed by atoms with Crippen molar-refractivity contribution >= 4 is 11.7 Å². The minimum Gasteiger partial charge on any atom is -0.459 e. The zero-order valence-corrected chi connectivity index (χ0v) is 30.3. The average molecular weight is 636 g/mol. The largest absolute Gasteiger partial charge is 0.459 e. The number of epoxide rings is 1. The van der Waals surface area contributed by atoms with Gasteiger partial charge < -0.3 is 19.1 Å². The van der Waals surface area contributed by atoms with Crippen LogP contribution in [0.3, 0.4) is 0 Å². The predicted octanol–water partition coefficient (Wildman–Crippen LogP) is 9.57. The van der Waals surface area contributed by atoms with E-state index in [4.69, 9.17) is 14.2 Å². The number of carbonyl (C=O) groups excluding carboxylic acids is 1. The number of rotatable bonds is 13. The summed E-state index contributed by atoms with van der Waals surface area (Å²) in [5, 5.41) is 0. The van der Waals surface area contributed by atoms with Gasteiger partial charge in [0.15, 0.2) is 0 Å². The van der Waals surface area contributed by atoms with Gasteiger partial charge in [0.25, 0.3) is 0 Å². The number of methoxy groups -OCH3 is 1. The molecule has 258 valence electrons. The molecule has 0 bridgehead atoms. The summed E-state index contributed by atoms with van der Waals surface area (Å²) >= 11 is 0. The van der Waals surface area contributed by atoms with Gasteiger partial charge in [-0.05, 0) is 141 Å². The second-order valence-corrected chi connectivity index (χ2v) is 17.6. The van der Waals surface area contributed by atoms with Crippen molar-refractivity contribution < 1.29 is 19.0 Å². The molecule has 6 rings (SSSR count). The first-order valence-corrected chi connectivity index (χ1v) is 19.2. The summed E-state index contributed by atoms with van der Waals surface area (Å²) in [6.45, 7) is 17.2. The van der Waals surface area contributed by atoms with Crippen molar-refractivity contribution in [3.05, 3.63) is 29.8 Å². The van der Waals surface area contributed by atoms with Gasteiger partial charge in [-0.1, -0.05) is 53.9 Å². The van der Waals surface area contributed by atoms with E-state index >= 15 is 0 Å². The SMILES string of the molecule is COC(C)CN(CC1CO1)c1ccc(C(=O)OC2CCC3(C)C(CCC4C5CC(C(C)CCCC(C)C)CC5(C)CCC43)C2)cc1. The molecule has 1 saturated heterocycles. The number of anilines is 1. The maximum Gasteiger partial charge on any atom is 0.338 e. The van der Waals surface area contributed by atoms with Crippen LogP contribution in [0.1, 0.15) is 129 Å². The fourth-order valence-corrected chi connectivity index (χ4v) is 11.1. The number of fused-ring (bicyclic) bond motifs is 5. The van der Waals surface area contributed by atoms with Crippen LogP contribution in [0.5, 0.6) is 0 Å². The Labute approximate surface area is 280 Å². The zero-order chi connectivity index (χ0) is 32.6. The molecular formula is C41H65NO4. The van der Waals surface area contributed by atoms with Crippen LogP contribution in [0.15, 0.2) is 24.3 Å². The molecule has 11 atom stereocenters. The fraction of sp³-hybridized carbons (Fsp3) is 0.829. The third-order valence-corrected chi connectivity index (χ3v) is 14.1. The molecule has 0 amide bonds. The molecule has 5 nitrogen and oxygen atoms in total. The quantitative estimate of drug-likeness (QED) is 0.160. The average Bonchev–Trinajstić information content (AvgIpc) is 3.78. The summed E-state index contributed by atoms with van der Waals surface area (Å²) in [4.78, 5) is 15.6. The van der Waals surface area contributed by atoms with E-state index in [9.17, 15) is 4.79 Å². The first-order chi connectivity index (χ1) is 22.0. The third kappa shape index (κ3) is 7.36. The molecule has 0 aromatic heterocycles. The van der Waals surface area contributed by atoms with Gasteiger partial charge in [0.05, 0.1) is 24.4 Å². The minimum atomic E-state index is -0.163. The Kier molecular flexibility index (Phi) is 10.5. The van der Waals surface area contributed by atoms with Gasteiger partial charge >= 0.3 is 5.97 Å². The highest BCUT2D eigenvalue weighted by Gasteiger charge is 2.59. The Bertz CT molecular complexity index is 1160. The van der Waals surface area contributed by atoms with Crippen molar-refractivity contribution in [3.63, 3.8) is 0 Å². The number of ether oxygens (including phenoxy) is 3. The predicted molar refractivity (Wildman–Crippen MR) is 187 cm³/mol. The molecule has 1 aromatic carbocycles. The van der Waals surface area contributed by atoms with Crippen molar-refractivity contribution in [3.8, 4) is 0 Å². The van der Waals surface area contributed by atoms with Crippen LogP contribution in [0, 0.1) is 52.3 Å². The van der Waals surface area contributed by atoms with Gasteiger partial charge in [-0.2, -0.15) is 0 Å². The Balaban J connectivity index is 1.04. The number of hydrogen-bond donors (Lipinski definition) is 0. The maximum absolute atomic E-state index is 13.3. The monoisotopic (exact) mass is 635 g/mol. The second-order valence-electron chi connectivity index (χ2n) is 17.6. The summed E-state index contributed by atoms with van der Waals surface area (Å²) < 4.78 is 17.3. The summed E-state index contributed by atoms with van der Waals surface area (Å²) in [6.07, 6.45) is 16.5. The van der Waals surface area contributed by atoms with E-state index in [1.165, 1.54) is 64.2 Å². The molecule has 1 aromatic rings. The molecule has 5 fully saturated rings. The van der Waals surface area contributed by atoms with E-state index in [-0.39, 0.29) is 18.2 Å². The first kappa shape index (κ1) is 34.3. The van der Waals surface area contributed by atoms with Gasteiger partial charge in [0, 0.05) is 25.9 Å². The lowest BCUT2D eigenvalue weighted by molar-refractivity contribution is -0.122. The van der Waals surface area contributed by atoms with E-state index in [2.05, 4.69) is 58.6 Å². The van der Waals surface area contributed by atoms with Crippen LogP contribution in [-0.4, -0.2) is 51.1 Å². The molecule has 0 spiro atoms. The van der Waals surface area contributed by atoms with Crippen LogP contribution in [0.25, 0.3) is 0 Å². The van der Waals surface area contributed by atoms with E-state index in [1.807, 2.05) is 12.1 Å². The van der Waals surface area contributed by atoms with Gasteiger partial charge in [0.2, 0.25) is 0 Å². The molecule has 1 heterocycles. The highest BCUT2D eigenvalue weighted by molar-refractivity contribution is 5.90. The molecule has 4 saturated carbocycles. The lowest BCUT2D eigenvalue weighted by Gasteiger charge is -2.60. The molecule has 5 aliphatic rings. The smallest absolute Gasteiger partial charge is 0.338 e. The highest BCUT2D eigenvalue weighted by atomic mass is 16.6. The lowest BCUT2D eigenvalue weighted by atomic mass is 9.45. The van der Waals surface area contributed by atoms with E-state index in [1.54, 1.807) is 7.11 Å². The van der Waals surface area contributed by atoms with Crippen LogP contribution < -0.4 is 4.90 Å². The molecule has 0 radical (unpaired) electrons. The minimum absolute atomic E-state index is 0.0456. The molecule has 5 heteroatoms. The molecule has 11 unspecified atom stereocenters. The number of hydrogen-bond acceptors (Lipinski definition) is 5. The number of nitrogens with zero attached hydrogens (tertiary/aromatic N) is 1. The van der Waals surface area contributed by atoms with E-state index < -0.39 is 0 Å². The Hall–Kier alpha value is -1.59. The van der Waals surface area contributed by atoms with Crippen LogP contribution in [0.4, 0.5) is 5.69 Å². The Morgan fingerprint density at radius 3 is 2.43 bits per heavy atom. The Morgan fingerprint density at radius 2 is 1.74 bits per heavy atom. The molecule has 46 heavy (non-hydrogen) atoms. The van der Waals surface area contributed by atoms with Gasteiger partial charge in [-0.3, -0.25) is 0 Å². The first-order valence-electron chi connectivity index (χ1n) is 19.2. The third-order valence-electron chi connectivity index (χ3n) is 14.1. The normalized spacial score (nSPS) is 38.0. The standard InChI is InChI=1S/C41H65NO4/c1-27(2)9-8-10-28(3)31-21-38-36-16-13-32-22-34(17-20-41(32,6)37(36)18-19-40(38,5)23-31)46-39(43)30-11-14-33(15-12-30)42(24-29(4)44-7)25-35-26-45-35/h11-12,14-15,27-29,31-32,34-38H,8-10,13,16-26H2,1-7H3. The highest BCUT2D eigenvalue weighted by Crippen LogP contribution is 2.67. The summed E-state index contributed by atoms with van der Waals surface area (Å²) in [5.74, 6) is 5.84. The van der Waals surface area contributed by atoms with Crippen molar-refractivity contribution in [2.45, 2.75) is 137 Å². The number of benzene rings is 1. The van der Waals surface area contributed by atoms with Crippen LogP contribution in [0.2, 0.25) is 0 Å². The van der Waals surface area contributed by atoms with Crippen LogP contribution >= 0.6 is 0 Å². The maximum atomic E-state index is 13.3. The molecule has 4 aliphatic carbocycles. The van der Waals surface area contributed by atoms with E-state index in [0.717, 1.165) is 73.7 Å². The molecular weight excluding hydrogens is 570 g/mol. The van der Waals surface area contributed by atoms with Gasteiger partial charge in [-0.15, -0.1) is 0 Å². The topological polar surface area (TPSA) is 51.3 Å².